The van der Waals surface area contributed by atoms with Crippen LogP contribution in [0.15, 0.2) is 24.8 Å². The summed E-state index contributed by atoms with van der Waals surface area (Å²) in [6, 6.07) is 0. The molecule has 0 N–H and O–H groups in total. The number of ether oxygens (including phenoxy) is 1. The van der Waals surface area contributed by atoms with Crippen LogP contribution in [0.4, 0.5) is 0 Å². The summed E-state index contributed by atoms with van der Waals surface area (Å²) in [5.41, 5.74) is 0.433. The molecule has 0 unspecified atom stereocenters. The molecule has 0 aliphatic rings. The van der Waals surface area contributed by atoms with E-state index in [1.165, 1.54) is 7.11 Å². The van der Waals surface area contributed by atoms with Gasteiger partial charge >= 0.3 is 5.97 Å². The van der Waals surface area contributed by atoms with Crippen LogP contribution in [0.25, 0.3) is 0 Å². The lowest BCUT2D eigenvalue weighted by Gasteiger charge is -1.91. The van der Waals surface area contributed by atoms with E-state index in [1.807, 2.05) is 0 Å². The summed E-state index contributed by atoms with van der Waals surface area (Å²) in [5, 5.41) is -0.509. The lowest BCUT2D eigenvalue weighted by Crippen LogP contribution is -1.98. The highest BCUT2D eigenvalue weighted by Crippen LogP contribution is 1.87. The number of halogens is 1. The second-order valence-corrected chi connectivity index (χ2v) is 2.15. The molecule has 0 bridgehead atoms. The van der Waals surface area contributed by atoms with Gasteiger partial charge in [0.25, 0.3) is 0 Å². The Bertz CT molecular complexity index is 196. The average molecular weight is 191 g/mol. The van der Waals surface area contributed by atoms with Crippen LogP contribution < -0.4 is 0 Å². The van der Waals surface area contributed by atoms with Crippen molar-refractivity contribution in [2.24, 2.45) is 0 Å². The predicted molar refractivity (Wildman–Crippen MR) is 47.9 cm³/mol. The van der Waals surface area contributed by atoms with Crippen molar-refractivity contribution >= 4 is 22.8 Å². The van der Waals surface area contributed by atoms with E-state index in [4.69, 9.17) is 11.6 Å². The SMILES string of the molecule is C=C(C)C(=O)OC.C=CC(=O)Cl. The molecule has 0 aliphatic heterocycles. The summed E-state index contributed by atoms with van der Waals surface area (Å²) < 4.78 is 4.27. The molecule has 0 amide bonds. The largest absolute Gasteiger partial charge is 0.466 e. The van der Waals surface area contributed by atoms with E-state index in [0.29, 0.717) is 5.57 Å². The molecule has 0 aromatic heterocycles. The van der Waals surface area contributed by atoms with Crippen molar-refractivity contribution in [2.45, 2.75) is 6.92 Å². The zero-order valence-corrected chi connectivity index (χ0v) is 7.85. The third-order valence-corrected chi connectivity index (χ3v) is 0.849. The average Bonchev–Trinajstić information content (AvgIpc) is 2.04. The van der Waals surface area contributed by atoms with Gasteiger partial charge in [-0.3, -0.25) is 4.79 Å². The first-order valence-corrected chi connectivity index (χ1v) is 3.39. The number of carbonyl (C=O) groups is 2. The first kappa shape index (κ1) is 13.5. The van der Waals surface area contributed by atoms with E-state index in [-0.39, 0.29) is 5.97 Å². The fourth-order valence-corrected chi connectivity index (χ4v) is 0.174. The van der Waals surface area contributed by atoms with Crippen LogP contribution in [0.3, 0.4) is 0 Å². The molecule has 0 radical (unpaired) electrons. The van der Waals surface area contributed by atoms with Crippen molar-refractivity contribution < 1.29 is 14.3 Å². The zero-order valence-electron chi connectivity index (χ0n) is 7.09. The zero-order chi connectivity index (χ0) is 10.1. The van der Waals surface area contributed by atoms with Gasteiger partial charge in [-0.25, -0.2) is 4.79 Å². The van der Waals surface area contributed by atoms with Gasteiger partial charge in [0, 0.05) is 5.57 Å². The summed E-state index contributed by atoms with van der Waals surface area (Å²) in [7, 11) is 1.33. The first-order chi connectivity index (χ1) is 5.45. The first-order valence-electron chi connectivity index (χ1n) is 3.01. The molecule has 0 atom stereocenters. The summed E-state index contributed by atoms with van der Waals surface area (Å²) >= 11 is 4.71. The minimum atomic E-state index is -0.509. The highest BCUT2D eigenvalue weighted by atomic mass is 35.5. The van der Waals surface area contributed by atoms with Crippen LogP contribution in [-0.2, 0) is 14.3 Å². The Hall–Kier alpha value is -1.09. The molecule has 0 saturated carbocycles. The van der Waals surface area contributed by atoms with E-state index >= 15 is 0 Å². The molecule has 68 valence electrons. The van der Waals surface area contributed by atoms with Crippen molar-refractivity contribution in [2.75, 3.05) is 7.11 Å². The lowest BCUT2D eigenvalue weighted by molar-refractivity contribution is -0.136. The van der Waals surface area contributed by atoms with Crippen molar-refractivity contribution in [3.63, 3.8) is 0 Å². The lowest BCUT2D eigenvalue weighted by atomic mass is 10.4. The smallest absolute Gasteiger partial charge is 0.332 e. The van der Waals surface area contributed by atoms with Crippen LogP contribution in [0.1, 0.15) is 6.92 Å². The maximum Gasteiger partial charge on any atom is 0.332 e. The van der Waals surface area contributed by atoms with Crippen LogP contribution in [0.5, 0.6) is 0 Å². The third-order valence-electron chi connectivity index (χ3n) is 0.694. The fraction of sp³-hybridized carbons (Fsp3) is 0.250. The van der Waals surface area contributed by atoms with E-state index < -0.39 is 5.24 Å². The summed E-state index contributed by atoms with van der Waals surface area (Å²) in [5.74, 6) is -0.347. The summed E-state index contributed by atoms with van der Waals surface area (Å²) in [6.07, 6.45) is 1.04. The van der Waals surface area contributed by atoms with Crippen molar-refractivity contribution in [1.82, 2.24) is 0 Å². The van der Waals surface area contributed by atoms with Gasteiger partial charge in [-0.2, -0.15) is 0 Å². The van der Waals surface area contributed by atoms with E-state index in [2.05, 4.69) is 17.9 Å². The van der Waals surface area contributed by atoms with Crippen LogP contribution in [-0.4, -0.2) is 18.3 Å². The Morgan fingerprint density at radius 1 is 1.50 bits per heavy atom. The maximum atomic E-state index is 10.2. The molecule has 12 heavy (non-hydrogen) atoms. The molecule has 0 rings (SSSR count). The minimum absolute atomic E-state index is 0.347. The molecule has 0 aromatic rings. The Morgan fingerprint density at radius 2 is 1.83 bits per heavy atom. The van der Waals surface area contributed by atoms with Gasteiger partial charge < -0.3 is 4.74 Å². The molecule has 0 aromatic carbocycles. The highest BCUT2D eigenvalue weighted by Gasteiger charge is 1.95. The Labute approximate surface area is 76.7 Å². The van der Waals surface area contributed by atoms with Crippen LogP contribution in [0, 0.1) is 0 Å². The van der Waals surface area contributed by atoms with Crippen LogP contribution in [0.2, 0.25) is 0 Å². The predicted octanol–water partition coefficient (Wildman–Crippen LogP) is 1.67. The Kier molecular flexibility index (Phi) is 9.01. The van der Waals surface area contributed by atoms with Crippen molar-refractivity contribution in [1.29, 1.82) is 0 Å². The van der Waals surface area contributed by atoms with Gasteiger partial charge in [0.2, 0.25) is 5.24 Å². The van der Waals surface area contributed by atoms with Crippen LogP contribution >= 0.6 is 11.6 Å². The maximum absolute atomic E-state index is 10.2. The Balaban J connectivity index is 0. The number of methoxy groups -OCH3 is 1. The molecule has 0 saturated heterocycles. The van der Waals surface area contributed by atoms with Gasteiger partial charge in [-0.15, -0.1) is 0 Å². The standard InChI is InChI=1S/C5H8O2.C3H3ClO/c1-4(2)5(6)7-3;1-2-3(4)5/h1H2,2-3H3;2H,1H2. The topological polar surface area (TPSA) is 43.4 Å². The second kappa shape index (κ2) is 8.01. The van der Waals surface area contributed by atoms with Gasteiger partial charge in [-0.05, 0) is 24.6 Å². The van der Waals surface area contributed by atoms with E-state index in [9.17, 15) is 9.59 Å². The highest BCUT2D eigenvalue weighted by molar-refractivity contribution is 6.66. The van der Waals surface area contributed by atoms with E-state index in [0.717, 1.165) is 6.08 Å². The molecular weight excluding hydrogens is 180 g/mol. The molecule has 0 fully saturated rings. The number of carbonyl (C=O) groups excluding carboxylic acids is 2. The normalized spacial score (nSPS) is 7.25. The second-order valence-electron chi connectivity index (χ2n) is 1.78. The quantitative estimate of drug-likeness (QED) is 0.378. The molecular formula is C8H11ClO3. The van der Waals surface area contributed by atoms with Gasteiger partial charge in [0.05, 0.1) is 7.11 Å². The monoisotopic (exact) mass is 190 g/mol. The van der Waals surface area contributed by atoms with E-state index in [1.54, 1.807) is 6.92 Å². The van der Waals surface area contributed by atoms with Gasteiger partial charge in [0.15, 0.2) is 0 Å². The van der Waals surface area contributed by atoms with Crippen molar-refractivity contribution in [3.05, 3.63) is 24.8 Å². The van der Waals surface area contributed by atoms with Gasteiger partial charge in [0.1, 0.15) is 0 Å². The number of rotatable bonds is 2. The molecule has 0 heterocycles. The number of allylic oxidation sites excluding steroid dienone is 1. The molecule has 4 heteroatoms. The summed E-state index contributed by atoms with van der Waals surface area (Å²) in [4.78, 5) is 19.6. The molecule has 3 nitrogen and oxygen atoms in total. The number of hydrogen-bond donors (Lipinski definition) is 0. The molecule has 0 aliphatic carbocycles. The van der Waals surface area contributed by atoms with Crippen molar-refractivity contribution in [3.8, 4) is 0 Å². The summed E-state index contributed by atoms with van der Waals surface area (Å²) in [6.45, 7) is 8.03. The number of hydrogen-bond acceptors (Lipinski definition) is 3. The molecule has 0 spiro atoms. The minimum Gasteiger partial charge on any atom is -0.466 e. The Morgan fingerprint density at radius 3 is 1.83 bits per heavy atom. The third kappa shape index (κ3) is 11.7. The van der Waals surface area contributed by atoms with Gasteiger partial charge in [-0.1, -0.05) is 13.2 Å². The fourth-order valence-electron chi connectivity index (χ4n) is 0.174. The number of esters is 1.